The minimum atomic E-state index is -0.531. The molecule has 0 spiro atoms. The molecule has 0 saturated carbocycles. The Morgan fingerprint density at radius 3 is 3.05 bits per heavy atom. The zero-order chi connectivity index (χ0) is 15.9. The fourth-order valence-electron chi connectivity index (χ4n) is 2.78. The van der Waals surface area contributed by atoms with Crippen molar-refractivity contribution in [2.24, 2.45) is 5.73 Å². The van der Waals surface area contributed by atoms with Crippen LogP contribution in [0.15, 0.2) is 23.0 Å². The molecule has 2 atom stereocenters. The Morgan fingerprint density at radius 1 is 1.55 bits per heavy atom. The number of aryl methyl sites for hydroxylation is 1. The van der Waals surface area contributed by atoms with Gasteiger partial charge < -0.3 is 20.8 Å². The summed E-state index contributed by atoms with van der Waals surface area (Å²) in [5.41, 5.74) is 8.30. The molecule has 116 valence electrons. The van der Waals surface area contributed by atoms with Crippen molar-refractivity contribution in [2.75, 3.05) is 6.54 Å². The van der Waals surface area contributed by atoms with E-state index in [1.807, 2.05) is 13.0 Å². The number of amides is 1. The average Bonchev–Trinajstić information content (AvgIpc) is 2.87. The lowest BCUT2D eigenvalue weighted by atomic mass is 10.0. The molecule has 1 aliphatic rings. The van der Waals surface area contributed by atoms with Crippen molar-refractivity contribution in [1.29, 1.82) is 0 Å². The van der Waals surface area contributed by atoms with Crippen molar-refractivity contribution in [3.05, 3.63) is 39.7 Å². The number of carbonyl (C=O) groups excluding carboxylic acids is 1. The van der Waals surface area contributed by atoms with Crippen LogP contribution in [0.25, 0.3) is 10.9 Å². The summed E-state index contributed by atoms with van der Waals surface area (Å²) in [5.74, 6) is 0.599. The highest BCUT2D eigenvalue weighted by Crippen LogP contribution is 2.36. The van der Waals surface area contributed by atoms with E-state index in [-0.39, 0.29) is 17.6 Å². The highest BCUT2D eigenvalue weighted by atomic mass is 16.5. The molecule has 6 heteroatoms. The second-order valence-corrected chi connectivity index (χ2v) is 5.77. The van der Waals surface area contributed by atoms with E-state index >= 15 is 0 Å². The van der Waals surface area contributed by atoms with Crippen molar-refractivity contribution >= 4 is 16.8 Å². The summed E-state index contributed by atoms with van der Waals surface area (Å²) >= 11 is 0. The van der Waals surface area contributed by atoms with E-state index < -0.39 is 6.04 Å². The van der Waals surface area contributed by atoms with Gasteiger partial charge in [0.1, 0.15) is 11.9 Å². The van der Waals surface area contributed by atoms with E-state index in [2.05, 4.69) is 10.3 Å². The number of benzene rings is 1. The maximum absolute atomic E-state index is 11.5. The van der Waals surface area contributed by atoms with Gasteiger partial charge in [-0.25, -0.2) is 0 Å². The molecule has 22 heavy (non-hydrogen) atoms. The maximum Gasteiger partial charge on any atom is 0.248 e. The third kappa shape index (κ3) is 2.57. The van der Waals surface area contributed by atoms with Crippen LogP contribution in [-0.4, -0.2) is 29.6 Å². The molecule has 1 aromatic heterocycles. The molecule has 2 heterocycles. The topological polar surface area (TPSA) is 97.2 Å². The number of aromatic nitrogens is 1. The minimum absolute atomic E-state index is 0.116. The van der Waals surface area contributed by atoms with Crippen LogP contribution in [0.3, 0.4) is 0 Å². The van der Waals surface area contributed by atoms with Crippen molar-refractivity contribution < 1.29 is 9.53 Å². The highest BCUT2D eigenvalue weighted by Gasteiger charge is 2.26. The van der Waals surface area contributed by atoms with Crippen LogP contribution in [0.4, 0.5) is 0 Å². The second-order valence-electron chi connectivity index (χ2n) is 5.77. The van der Waals surface area contributed by atoms with Gasteiger partial charge in [0.15, 0.2) is 0 Å². The number of rotatable bonds is 3. The van der Waals surface area contributed by atoms with E-state index in [0.717, 1.165) is 34.2 Å². The quantitative estimate of drug-likeness (QED) is 0.773. The number of aromatic amines is 1. The summed E-state index contributed by atoms with van der Waals surface area (Å²) in [6.45, 7) is 4.02. The number of hydrogen-bond donors (Lipinski definition) is 3. The van der Waals surface area contributed by atoms with Gasteiger partial charge in [0.25, 0.3) is 0 Å². The third-order valence-electron chi connectivity index (χ3n) is 3.89. The van der Waals surface area contributed by atoms with Gasteiger partial charge in [-0.3, -0.25) is 9.59 Å². The van der Waals surface area contributed by atoms with Gasteiger partial charge in [0, 0.05) is 17.9 Å². The molecule has 3 rings (SSSR count). The fraction of sp³-hybridized carbons (Fsp3) is 0.375. The summed E-state index contributed by atoms with van der Waals surface area (Å²) in [7, 11) is 0. The van der Waals surface area contributed by atoms with Gasteiger partial charge in [0.05, 0.1) is 18.1 Å². The van der Waals surface area contributed by atoms with Crippen LogP contribution in [0.2, 0.25) is 0 Å². The van der Waals surface area contributed by atoms with Gasteiger partial charge in [-0.2, -0.15) is 0 Å². The maximum atomic E-state index is 11.5. The number of ether oxygens (including phenoxy) is 1. The van der Waals surface area contributed by atoms with Crippen LogP contribution in [0, 0.1) is 6.92 Å². The number of fused-ring (bicyclic) bond motifs is 3. The molecular formula is C16H19N3O3. The molecule has 2 unspecified atom stereocenters. The first kappa shape index (κ1) is 14.6. The van der Waals surface area contributed by atoms with Crippen molar-refractivity contribution in [3.63, 3.8) is 0 Å². The normalized spacial score (nSPS) is 17.9. The Kier molecular flexibility index (Phi) is 3.62. The van der Waals surface area contributed by atoms with Gasteiger partial charge in [-0.1, -0.05) is 6.07 Å². The molecule has 0 aliphatic carbocycles. The van der Waals surface area contributed by atoms with E-state index in [1.165, 1.54) is 6.07 Å². The summed E-state index contributed by atoms with van der Waals surface area (Å²) in [6.07, 6.45) is 0.611. The van der Waals surface area contributed by atoms with Crippen molar-refractivity contribution in [3.8, 4) is 5.75 Å². The Hall–Kier alpha value is -2.34. The van der Waals surface area contributed by atoms with Gasteiger partial charge >= 0.3 is 0 Å². The van der Waals surface area contributed by atoms with E-state index in [4.69, 9.17) is 10.5 Å². The fourth-order valence-corrected chi connectivity index (χ4v) is 2.78. The van der Waals surface area contributed by atoms with Gasteiger partial charge in [-0.15, -0.1) is 0 Å². The van der Waals surface area contributed by atoms with Crippen LogP contribution < -0.4 is 21.3 Å². The molecule has 1 aliphatic heterocycles. The first-order valence-corrected chi connectivity index (χ1v) is 7.31. The Balaban J connectivity index is 1.86. The molecule has 0 radical (unpaired) electrons. The average molecular weight is 301 g/mol. The van der Waals surface area contributed by atoms with Crippen LogP contribution >= 0.6 is 0 Å². The number of nitrogens with two attached hydrogens (primary N) is 1. The molecule has 1 amide bonds. The minimum Gasteiger partial charge on any atom is -0.487 e. The van der Waals surface area contributed by atoms with Crippen LogP contribution in [-0.2, 0) is 11.2 Å². The Bertz CT molecular complexity index is 795. The number of carbonyl (C=O) groups is 1. The number of pyridine rings is 1. The smallest absolute Gasteiger partial charge is 0.248 e. The van der Waals surface area contributed by atoms with E-state index in [9.17, 15) is 9.59 Å². The molecule has 1 aromatic carbocycles. The molecule has 0 saturated heterocycles. The molecule has 0 bridgehead atoms. The zero-order valence-electron chi connectivity index (χ0n) is 12.6. The first-order valence-electron chi connectivity index (χ1n) is 7.31. The van der Waals surface area contributed by atoms with Crippen molar-refractivity contribution in [1.82, 2.24) is 10.3 Å². The third-order valence-corrected chi connectivity index (χ3v) is 3.89. The molecule has 4 N–H and O–H groups in total. The monoisotopic (exact) mass is 301 g/mol. The Labute approximate surface area is 127 Å². The first-order chi connectivity index (χ1) is 10.5. The lowest BCUT2D eigenvalue weighted by Crippen LogP contribution is -2.42. The predicted molar refractivity (Wildman–Crippen MR) is 84.1 cm³/mol. The second kappa shape index (κ2) is 5.46. The number of hydrogen-bond acceptors (Lipinski definition) is 4. The summed E-state index contributed by atoms with van der Waals surface area (Å²) in [6, 6.07) is 4.78. The lowest BCUT2D eigenvalue weighted by Gasteiger charge is -2.13. The predicted octanol–water partition coefficient (Wildman–Crippen LogP) is 0.603. The number of nitrogens with one attached hydrogen (secondary N) is 2. The molecule has 0 fully saturated rings. The summed E-state index contributed by atoms with van der Waals surface area (Å²) in [5, 5.41) is 3.68. The lowest BCUT2D eigenvalue weighted by molar-refractivity contribution is -0.122. The summed E-state index contributed by atoms with van der Waals surface area (Å²) in [4.78, 5) is 25.9. The molecule has 6 nitrogen and oxygen atoms in total. The van der Waals surface area contributed by atoms with E-state index in [0.29, 0.717) is 6.54 Å². The molecule has 2 aromatic rings. The van der Waals surface area contributed by atoms with Crippen LogP contribution in [0.5, 0.6) is 5.75 Å². The van der Waals surface area contributed by atoms with E-state index in [1.54, 1.807) is 13.0 Å². The zero-order valence-corrected chi connectivity index (χ0v) is 12.6. The molecular weight excluding hydrogens is 282 g/mol. The SMILES string of the molecule is Cc1cc2c(c3ccc(=O)[nH]c13)OC(CNC(=O)C(C)N)C2. The van der Waals surface area contributed by atoms with Gasteiger partial charge in [0.2, 0.25) is 11.5 Å². The van der Waals surface area contributed by atoms with Gasteiger partial charge in [-0.05, 0) is 31.0 Å². The standard InChI is InChI=1S/C16H19N3O3/c1-8-5-10-6-11(7-18-16(21)9(2)17)22-15(10)12-3-4-13(20)19-14(8)12/h3-5,9,11H,6-7,17H2,1-2H3,(H,18,21)(H,19,20). The number of H-pyrrole nitrogens is 1. The van der Waals surface area contributed by atoms with Crippen LogP contribution in [0.1, 0.15) is 18.1 Å². The Morgan fingerprint density at radius 2 is 2.32 bits per heavy atom. The highest BCUT2D eigenvalue weighted by molar-refractivity contribution is 5.89. The summed E-state index contributed by atoms with van der Waals surface area (Å²) < 4.78 is 5.97. The van der Waals surface area contributed by atoms with Crippen molar-refractivity contribution in [2.45, 2.75) is 32.4 Å². The largest absolute Gasteiger partial charge is 0.487 e.